The Morgan fingerprint density at radius 1 is 1.08 bits per heavy atom. The van der Waals surface area contributed by atoms with Crippen LogP contribution >= 0.6 is 11.8 Å². The molecule has 1 aromatic heterocycles. The van der Waals surface area contributed by atoms with Gasteiger partial charge < -0.3 is 9.30 Å². The highest BCUT2D eigenvalue weighted by Crippen LogP contribution is 2.33. The second-order valence-electron chi connectivity index (χ2n) is 9.64. The van der Waals surface area contributed by atoms with Crippen LogP contribution in [0.3, 0.4) is 0 Å². The maximum absolute atomic E-state index is 14.3. The standard InChI is InChI=1S/C25H27F4N3O3S2/c1-15-4-2-8-31(12-15)37(33,34)17-6-7-22-21(10-17)30-25(32(22)13-16-5-3-9-35-16)36-14-18-23(28)19(26)11-20(27)24(18)29/h6-7,10-11,15-16H,2-5,8-9,12-14H2,1H3. The Hall–Kier alpha value is -2.15. The molecule has 2 saturated heterocycles. The number of ether oxygens (including phenoxy) is 1. The summed E-state index contributed by atoms with van der Waals surface area (Å²) in [6, 6.07) is 4.89. The summed E-state index contributed by atoms with van der Waals surface area (Å²) < 4.78 is 91.6. The Kier molecular flexibility index (Phi) is 7.54. The first kappa shape index (κ1) is 26.5. The van der Waals surface area contributed by atoms with Crippen LogP contribution in [-0.4, -0.2) is 48.1 Å². The number of piperidine rings is 1. The van der Waals surface area contributed by atoms with Gasteiger partial charge in [0.05, 0.1) is 28.6 Å². The van der Waals surface area contributed by atoms with Crippen molar-refractivity contribution in [3.63, 3.8) is 0 Å². The van der Waals surface area contributed by atoms with Crippen molar-refractivity contribution in [2.75, 3.05) is 19.7 Å². The van der Waals surface area contributed by atoms with Gasteiger partial charge in [0.25, 0.3) is 0 Å². The third kappa shape index (κ3) is 5.25. The normalized spacial score (nSPS) is 21.2. The molecule has 2 atom stereocenters. The molecule has 2 aliphatic rings. The van der Waals surface area contributed by atoms with E-state index in [9.17, 15) is 26.0 Å². The van der Waals surface area contributed by atoms with Gasteiger partial charge in [-0.1, -0.05) is 18.7 Å². The van der Waals surface area contributed by atoms with E-state index in [4.69, 9.17) is 4.74 Å². The van der Waals surface area contributed by atoms with Gasteiger partial charge in [0.15, 0.2) is 28.4 Å². The van der Waals surface area contributed by atoms with Crippen LogP contribution in [0.25, 0.3) is 11.0 Å². The van der Waals surface area contributed by atoms with Crippen LogP contribution in [0.4, 0.5) is 17.6 Å². The van der Waals surface area contributed by atoms with Crippen LogP contribution in [0, 0.1) is 29.2 Å². The van der Waals surface area contributed by atoms with E-state index in [1.807, 2.05) is 6.92 Å². The second kappa shape index (κ2) is 10.5. The number of sulfonamides is 1. The van der Waals surface area contributed by atoms with Crippen LogP contribution < -0.4 is 0 Å². The summed E-state index contributed by atoms with van der Waals surface area (Å²) in [4.78, 5) is 4.69. The van der Waals surface area contributed by atoms with Crippen molar-refractivity contribution in [1.82, 2.24) is 13.9 Å². The van der Waals surface area contributed by atoms with Crippen LogP contribution in [-0.2, 0) is 27.1 Å². The van der Waals surface area contributed by atoms with Gasteiger partial charge in [0, 0.05) is 37.1 Å². The van der Waals surface area contributed by atoms with Crippen molar-refractivity contribution in [2.24, 2.45) is 5.92 Å². The fourth-order valence-electron chi connectivity index (χ4n) is 4.93. The summed E-state index contributed by atoms with van der Waals surface area (Å²) in [5.41, 5.74) is 0.314. The van der Waals surface area contributed by atoms with Gasteiger partial charge in [-0.25, -0.2) is 31.0 Å². The third-order valence-corrected chi connectivity index (χ3v) is 9.76. The minimum absolute atomic E-state index is 0.102. The first-order valence-corrected chi connectivity index (χ1v) is 14.6. The summed E-state index contributed by atoms with van der Waals surface area (Å²) in [6.45, 7) is 3.96. The van der Waals surface area contributed by atoms with Gasteiger partial charge in [0.1, 0.15) is 0 Å². The second-order valence-corrected chi connectivity index (χ2v) is 12.5. The number of halogens is 4. The molecule has 0 bridgehead atoms. The zero-order valence-corrected chi connectivity index (χ0v) is 21.9. The zero-order valence-electron chi connectivity index (χ0n) is 20.2. The van der Waals surface area contributed by atoms with E-state index in [0.29, 0.717) is 42.4 Å². The lowest BCUT2D eigenvalue weighted by Crippen LogP contribution is -2.39. The molecule has 2 aromatic carbocycles. The highest BCUT2D eigenvalue weighted by Gasteiger charge is 2.30. The van der Waals surface area contributed by atoms with E-state index < -0.39 is 44.6 Å². The number of rotatable bonds is 7. The third-order valence-electron chi connectivity index (χ3n) is 6.90. The van der Waals surface area contributed by atoms with Crippen molar-refractivity contribution in [3.05, 3.63) is 53.1 Å². The van der Waals surface area contributed by atoms with Gasteiger partial charge in [-0.15, -0.1) is 0 Å². The number of fused-ring (bicyclic) bond motifs is 1. The summed E-state index contributed by atoms with van der Waals surface area (Å²) in [5, 5.41) is 0.343. The van der Waals surface area contributed by atoms with Gasteiger partial charge in [-0.05, 0) is 49.8 Å². The number of aromatic nitrogens is 2. The predicted molar refractivity (Wildman–Crippen MR) is 132 cm³/mol. The van der Waals surface area contributed by atoms with E-state index in [-0.39, 0.29) is 23.0 Å². The van der Waals surface area contributed by atoms with Crippen molar-refractivity contribution >= 4 is 32.8 Å². The first-order valence-electron chi connectivity index (χ1n) is 12.2. The molecule has 0 saturated carbocycles. The monoisotopic (exact) mass is 557 g/mol. The average molecular weight is 558 g/mol. The van der Waals surface area contributed by atoms with E-state index in [2.05, 4.69) is 4.98 Å². The van der Waals surface area contributed by atoms with Crippen LogP contribution in [0.1, 0.15) is 38.2 Å². The lowest BCUT2D eigenvalue weighted by atomic mass is 10.0. The highest BCUT2D eigenvalue weighted by molar-refractivity contribution is 7.98. The summed E-state index contributed by atoms with van der Waals surface area (Å²) in [5.74, 6) is -5.96. The molecule has 6 nitrogen and oxygen atoms in total. The van der Waals surface area contributed by atoms with E-state index in [1.54, 1.807) is 16.7 Å². The molecule has 0 N–H and O–H groups in total. The molecule has 3 aromatic rings. The Balaban J connectivity index is 1.50. The minimum atomic E-state index is -3.72. The predicted octanol–water partition coefficient (Wildman–Crippen LogP) is 5.48. The fourth-order valence-corrected chi connectivity index (χ4v) is 7.56. The zero-order chi connectivity index (χ0) is 26.3. The topological polar surface area (TPSA) is 64.4 Å². The number of imidazole rings is 1. The molecule has 37 heavy (non-hydrogen) atoms. The number of benzene rings is 2. The molecular weight excluding hydrogens is 530 g/mol. The molecule has 0 radical (unpaired) electrons. The number of thioether (sulfide) groups is 1. The van der Waals surface area contributed by atoms with Crippen LogP contribution in [0.5, 0.6) is 0 Å². The Morgan fingerprint density at radius 3 is 2.51 bits per heavy atom. The molecular formula is C25H27F4N3O3S2. The van der Waals surface area contributed by atoms with Crippen molar-refractivity contribution < 1.29 is 30.7 Å². The molecule has 200 valence electrons. The smallest absolute Gasteiger partial charge is 0.243 e. The number of nitrogens with zero attached hydrogens (tertiary/aromatic N) is 3. The molecule has 5 rings (SSSR count). The van der Waals surface area contributed by atoms with Gasteiger partial charge in [-0.2, -0.15) is 4.31 Å². The quantitative estimate of drug-likeness (QED) is 0.219. The molecule has 0 spiro atoms. The largest absolute Gasteiger partial charge is 0.376 e. The van der Waals surface area contributed by atoms with Crippen LogP contribution in [0.2, 0.25) is 0 Å². The molecule has 2 fully saturated rings. The SMILES string of the molecule is CC1CCCN(S(=O)(=O)c2ccc3c(c2)nc(SCc2c(F)c(F)cc(F)c2F)n3CC2CCCO2)C1. The van der Waals surface area contributed by atoms with Crippen molar-refractivity contribution in [3.8, 4) is 0 Å². The molecule has 12 heteroatoms. The van der Waals surface area contributed by atoms with Crippen molar-refractivity contribution in [1.29, 1.82) is 0 Å². The van der Waals surface area contributed by atoms with Crippen LogP contribution in [0.15, 0.2) is 34.3 Å². The lowest BCUT2D eigenvalue weighted by molar-refractivity contribution is 0.0960. The van der Waals surface area contributed by atoms with Gasteiger partial charge in [-0.3, -0.25) is 0 Å². The number of hydrogen-bond donors (Lipinski definition) is 0. The van der Waals surface area contributed by atoms with E-state index >= 15 is 0 Å². The fraction of sp³-hybridized carbons (Fsp3) is 0.480. The summed E-state index contributed by atoms with van der Waals surface area (Å²) in [7, 11) is -3.72. The Labute approximate surface area is 217 Å². The minimum Gasteiger partial charge on any atom is -0.376 e. The van der Waals surface area contributed by atoms with Crippen molar-refractivity contribution in [2.45, 2.75) is 61.1 Å². The van der Waals surface area contributed by atoms with Gasteiger partial charge >= 0.3 is 0 Å². The summed E-state index contributed by atoms with van der Waals surface area (Å²) in [6.07, 6.45) is 3.40. The highest BCUT2D eigenvalue weighted by atomic mass is 32.2. The lowest BCUT2D eigenvalue weighted by Gasteiger charge is -2.30. The molecule has 2 aliphatic heterocycles. The molecule has 0 aliphatic carbocycles. The number of hydrogen-bond acceptors (Lipinski definition) is 5. The maximum Gasteiger partial charge on any atom is 0.243 e. The molecule has 3 heterocycles. The van der Waals surface area contributed by atoms with Gasteiger partial charge in [0.2, 0.25) is 10.0 Å². The van der Waals surface area contributed by atoms with E-state index in [0.717, 1.165) is 37.4 Å². The molecule has 2 unspecified atom stereocenters. The summed E-state index contributed by atoms with van der Waals surface area (Å²) >= 11 is 0.920. The average Bonchev–Trinajstić information content (AvgIpc) is 3.51. The Bertz CT molecular complexity index is 1400. The first-order chi connectivity index (χ1) is 17.6. The molecule has 0 amide bonds. The Morgan fingerprint density at radius 2 is 1.84 bits per heavy atom. The van der Waals surface area contributed by atoms with E-state index in [1.165, 1.54) is 10.4 Å². The maximum atomic E-state index is 14.3.